The second-order valence-corrected chi connectivity index (χ2v) is 8.54. The summed E-state index contributed by atoms with van der Waals surface area (Å²) < 4.78 is 3.00. The fraction of sp³-hybridized carbons (Fsp3) is 0.136. The maximum atomic E-state index is 12.2. The van der Waals surface area contributed by atoms with E-state index in [0.29, 0.717) is 12.3 Å². The van der Waals surface area contributed by atoms with E-state index in [9.17, 15) is 4.79 Å². The largest absolute Gasteiger partial charge is 0.351 e. The van der Waals surface area contributed by atoms with Gasteiger partial charge in [-0.05, 0) is 54.4 Å². The highest BCUT2D eigenvalue weighted by Gasteiger charge is 2.07. The van der Waals surface area contributed by atoms with Gasteiger partial charge in [0.25, 0.3) is 0 Å². The molecule has 7 heteroatoms. The summed E-state index contributed by atoms with van der Waals surface area (Å²) in [4.78, 5) is 22.2. The first kappa shape index (κ1) is 19.7. The predicted octanol–water partition coefficient (Wildman–Crippen LogP) is 4.90. The van der Waals surface area contributed by atoms with Crippen LogP contribution in [-0.4, -0.2) is 26.2 Å². The van der Waals surface area contributed by atoms with Crippen molar-refractivity contribution in [3.8, 4) is 5.82 Å². The van der Waals surface area contributed by atoms with E-state index < -0.39 is 0 Å². The SMILES string of the molecule is Cc1cc(Br)ccc1SCC(=O)NCc1ccc(-n2cnc3ccccc32)nc1. The molecule has 1 amide bonds. The zero-order valence-corrected chi connectivity index (χ0v) is 18.2. The van der Waals surface area contributed by atoms with Crippen LogP contribution in [0.3, 0.4) is 0 Å². The number of para-hydroxylation sites is 2. The minimum Gasteiger partial charge on any atom is -0.351 e. The van der Waals surface area contributed by atoms with Crippen LogP contribution in [0.4, 0.5) is 0 Å². The monoisotopic (exact) mass is 466 g/mol. The number of halogens is 1. The van der Waals surface area contributed by atoms with E-state index in [0.717, 1.165) is 37.3 Å². The summed E-state index contributed by atoms with van der Waals surface area (Å²) >= 11 is 5.00. The van der Waals surface area contributed by atoms with Gasteiger partial charge in [0.05, 0.1) is 16.8 Å². The van der Waals surface area contributed by atoms with Crippen LogP contribution < -0.4 is 5.32 Å². The van der Waals surface area contributed by atoms with E-state index in [1.54, 1.807) is 24.3 Å². The maximum absolute atomic E-state index is 12.2. The first-order chi connectivity index (χ1) is 14.1. The lowest BCUT2D eigenvalue weighted by Crippen LogP contribution is -2.24. The average Bonchev–Trinajstić information content (AvgIpc) is 3.16. The average molecular weight is 467 g/mol. The number of nitrogens with zero attached hydrogens (tertiary/aromatic N) is 3. The molecule has 5 nitrogen and oxygen atoms in total. The van der Waals surface area contributed by atoms with E-state index in [-0.39, 0.29) is 5.91 Å². The van der Waals surface area contributed by atoms with Crippen molar-refractivity contribution in [3.63, 3.8) is 0 Å². The van der Waals surface area contributed by atoms with E-state index in [4.69, 9.17) is 0 Å². The number of nitrogens with one attached hydrogen (secondary N) is 1. The van der Waals surface area contributed by atoms with Crippen LogP contribution in [0, 0.1) is 6.92 Å². The third-order valence-electron chi connectivity index (χ3n) is 4.49. The first-order valence-corrected chi connectivity index (χ1v) is 10.9. The molecule has 146 valence electrons. The van der Waals surface area contributed by atoms with Crippen molar-refractivity contribution < 1.29 is 4.79 Å². The molecular formula is C22H19BrN4OS. The van der Waals surface area contributed by atoms with Crippen LogP contribution in [0.25, 0.3) is 16.9 Å². The Bertz CT molecular complexity index is 1160. The highest BCUT2D eigenvalue weighted by molar-refractivity contribution is 9.10. The van der Waals surface area contributed by atoms with Crippen LogP contribution in [0.15, 0.2) is 76.5 Å². The van der Waals surface area contributed by atoms with E-state index in [1.807, 2.05) is 60.0 Å². The smallest absolute Gasteiger partial charge is 0.230 e. The standard InChI is InChI=1S/C22H19BrN4OS/c1-15-10-17(23)7-8-20(15)29-13-22(28)25-12-16-6-9-21(24-11-16)27-14-26-18-4-2-3-5-19(18)27/h2-11,14H,12-13H2,1H3,(H,25,28). The molecule has 2 aromatic carbocycles. The Morgan fingerprint density at radius 1 is 1.14 bits per heavy atom. The number of fused-ring (bicyclic) bond motifs is 1. The summed E-state index contributed by atoms with van der Waals surface area (Å²) in [5.41, 5.74) is 4.06. The lowest BCUT2D eigenvalue weighted by atomic mass is 10.2. The second kappa shape index (κ2) is 8.80. The Morgan fingerprint density at radius 2 is 2.00 bits per heavy atom. The second-order valence-electron chi connectivity index (χ2n) is 6.60. The van der Waals surface area contributed by atoms with E-state index >= 15 is 0 Å². The summed E-state index contributed by atoms with van der Waals surface area (Å²) in [6.07, 6.45) is 3.56. The molecule has 0 unspecified atom stereocenters. The van der Waals surface area contributed by atoms with Crippen LogP contribution >= 0.6 is 27.7 Å². The lowest BCUT2D eigenvalue weighted by Gasteiger charge is -2.08. The van der Waals surface area contributed by atoms with Crippen molar-refractivity contribution in [2.24, 2.45) is 0 Å². The Labute approximate surface area is 181 Å². The Hall–Kier alpha value is -2.64. The highest BCUT2D eigenvalue weighted by Crippen LogP contribution is 2.25. The molecular weight excluding hydrogens is 448 g/mol. The molecule has 0 aliphatic rings. The number of rotatable bonds is 6. The van der Waals surface area contributed by atoms with Gasteiger partial charge in [-0.15, -0.1) is 11.8 Å². The number of carbonyl (C=O) groups excluding carboxylic acids is 1. The number of pyridine rings is 1. The van der Waals surface area contributed by atoms with Gasteiger partial charge in [0, 0.05) is 22.1 Å². The molecule has 4 rings (SSSR count). The molecule has 29 heavy (non-hydrogen) atoms. The Morgan fingerprint density at radius 3 is 2.79 bits per heavy atom. The van der Waals surface area contributed by atoms with Crippen molar-refractivity contribution in [3.05, 3.63) is 82.7 Å². The number of amides is 1. The van der Waals surface area contributed by atoms with Crippen molar-refractivity contribution in [2.45, 2.75) is 18.4 Å². The minimum absolute atomic E-state index is 0.00185. The predicted molar refractivity (Wildman–Crippen MR) is 120 cm³/mol. The van der Waals surface area contributed by atoms with Crippen molar-refractivity contribution >= 4 is 44.6 Å². The Kier molecular flexibility index (Phi) is 5.97. The van der Waals surface area contributed by atoms with Crippen LogP contribution in [0.2, 0.25) is 0 Å². The molecule has 0 saturated carbocycles. The number of carbonyl (C=O) groups is 1. The van der Waals surface area contributed by atoms with Gasteiger partial charge in [-0.2, -0.15) is 0 Å². The topological polar surface area (TPSA) is 59.8 Å². The van der Waals surface area contributed by atoms with Gasteiger partial charge in [0.15, 0.2) is 0 Å². The number of thioether (sulfide) groups is 1. The Balaban J connectivity index is 1.33. The molecule has 0 spiro atoms. The maximum Gasteiger partial charge on any atom is 0.230 e. The van der Waals surface area contributed by atoms with E-state index in [1.165, 1.54) is 0 Å². The zero-order chi connectivity index (χ0) is 20.2. The van der Waals surface area contributed by atoms with Crippen molar-refractivity contribution in [2.75, 3.05) is 5.75 Å². The lowest BCUT2D eigenvalue weighted by molar-refractivity contribution is -0.118. The number of hydrogen-bond donors (Lipinski definition) is 1. The van der Waals surface area contributed by atoms with Crippen LogP contribution in [-0.2, 0) is 11.3 Å². The van der Waals surface area contributed by atoms with E-state index in [2.05, 4.69) is 37.3 Å². The molecule has 0 fully saturated rings. The summed E-state index contributed by atoms with van der Waals surface area (Å²) in [6.45, 7) is 2.50. The number of imidazole rings is 1. The normalized spacial score (nSPS) is 11.0. The molecule has 0 aliphatic carbocycles. The number of hydrogen-bond acceptors (Lipinski definition) is 4. The summed E-state index contributed by atoms with van der Waals surface area (Å²) in [6, 6.07) is 17.9. The molecule has 1 N–H and O–H groups in total. The van der Waals surface area contributed by atoms with Crippen LogP contribution in [0.1, 0.15) is 11.1 Å². The molecule has 2 aromatic heterocycles. The van der Waals surface area contributed by atoms with Gasteiger partial charge < -0.3 is 5.32 Å². The fourth-order valence-corrected chi connectivity index (χ4v) is 4.29. The van der Waals surface area contributed by atoms with Crippen molar-refractivity contribution in [1.29, 1.82) is 0 Å². The zero-order valence-electron chi connectivity index (χ0n) is 15.8. The van der Waals surface area contributed by atoms with Gasteiger partial charge in [-0.25, -0.2) is 9.97 Å². The van der Waals surface area contributed by atoms with Gasteiger partial charge in [0.2, 0.25) is 5.91 Å². The third kappa shape index (κ3) is 4.68. The number of aryl methyl sites for hydroxylation is 1. The van der Waals surface area contributed by atoms with Gasteiger partial charge in [-0.3, -0.25) is 9.36 Å². The summed E-state index contributed by atoms with van der Waals surface area (Å²) in [5, 5.41) is 2.96. The number of benzene rings is 2. The molecule has 0 radical (unpaired) electrons. The van der Waals surface area contributed by atoms with Crippen molar-refractivity contribution in [1.82, 2.24) is 19.9 Å². The highest BCUT2D eigenvalue weighted by atomic mass is 79.9. The molecule has 4 aromatic rings. The molecule has 2 heterocycles. The minimum atomic E-state index is 0.00185. The first-order valence-electron chi connectivity index (χ1n) is 9.13. The van der Waals surface area contributed by atoms with Gasteiger partial charge >= 0.3 is 0 Å². The summed E-state index contributed by atoms with van der Waals surface area (Å²) in [7, 11) is 0. The molecule has 0 bridgehead atoms. The fourth-order valence-electron chi connectivity index (χ4n) is 2.98. The summed E-state index contributed by atoms with van der Waals surface area (Å²) in [5.74, 6) is 1.19. The van der Waals surface area contributed by atoms with Gasteiger partial charge in [-0.1, -0.05) is 34.1 Å². The number of aromatic nitrogens is 3. The third-order valence-corrected chi connectivity index (χ3v) is 6.16. The quantitative estimate of drug-likeness (QED) is 0.410. The molecule has 0 atom stereocenters. The van der Waals surface area contributed by atoms with Crippen LogP contribution in [0.5, 0.6) is 0 Å². The van der Waals surface area contributed by atoms with Gasteiger partial charge in [0.1, 0.15) is 12.1 Å². The molecule has 0 aliphatic heterocycles. The molecule has 0 saturated heterocycles.